The molecule has 1 aromatic rings. The predicted molar refractivity (Wildman–Crippen MR) is 97.1 cm³/mol. The van der Waals surface area contributed by atoms with E-state index in [4.69, 9.17) is 0 Å². The molecule has 0 radical (unpaired) electrons. The lowest BCUT2D eigenvalue weighted by Gasteiger charge is -2.21. The molecule has 0 N–H and O–H groups in total. The highest BCUT2D eigenvalue weighted by Crippen LogP contribution is 2.32. The van der Waals surface area contributed by atoms with Gasteiger partial charge in [0.1, 0.15) is 0 Å². The first-order chi connectivity index (χ1) is 10.8. The zero-order valence-electron chi connectivity index (χ0n) is 14.8. The number of hydrogen-bond donors (Lipinski definition) is 0. The van der Waals surface area contributed by atoms with Crippen molar-refractivity contribution in [3.05, 3.63) is 35.4 Å². The Kier molecular flexibility index (Phi) is 8.01. The van der Waals surface area contributed by atoms with Crippen molar-refractivity contribution in [2.45, 2.75) is 90.6 Å². The van der Waals surface area contributed by atoms with E-state index in [2.05, 4.69) is 43.0 Å². The summed E-state index contributed by atoms with van der Waals surface area (Å²) in [5, 5.41) is 0. The summed E-state index contributed by atoms with van der Waals surface area (Å²) in [7, 11) is 0. The Morgan fingerprint density at radius 3 is 2.09 bits per heavy atom. The van der Waals surface area contributed by atoms with E-state index in [0.717, 1.165) is 6.54 Å². The van der Waals surface area contributed by atoms with Crippen molar-refractivity contribution in [3.63, 3.8) is 0 Å². The lowest BCUT2D eigenvalue weighted by atomic mass is 10.1. The van der Waals surface area contributed by atoms with Gasteiger partial charge in [-0.25, -0.2) is 0 Å². The molecule has 0 saturated carbocycles. The highest BCUT2D eigenvalue weighted by Gasteiger charge is 2.25. The van der Waals surface area contributed by atoms with Crippen LogP contribution < -0.4 is 0 Å². The maximum absolute atomic E-state index is 2.65. The Morgan fingerprint density at radius 1 is 0.864 bits per heavy atom. The van der Waals surface area contributed by atoms with Crippen molar-refractivity contribution in [1.29, 1.82) is 0 Å². The second-order valence-electron chi connectivity index (χ2n) is 7.03. The van der Waals surface area contributed by atoms with Crippen LogP contribution in [0.1, 0.15) is 95.2 Å². The number of unbranched alkanes of at least 4 members (excludes halogenated alkanes) is 9. The van der Waals surface area contributed by atoms with Crippen molar-refractivity contribution in [2.24, 2.45) is 0 Å². The molecule has 0 saturated heterocycles. The van der Waals surface area contributed by atoms with Gasteiger partial charge in [0, 0.05) is 12.6 Å². The molecule has 1 unspecified atom stereocenters. The molecule has 0 fully saturated rings. The maximum Gasteiger partial charge on any atom is 0.0326 e. The van der Waals surface area contributed by atoms with Crippen molar-refractivity contribution in [2.75, 3.05) is 6.54 Å². The van der Waals surface area contributed by atoms with Gasteiger partial charge in [-0.1, -0.05) is 89.0 Å². The highest BCUT2D eigenvalue weighted by atomic mass is 15.2. The van der Waals surface area contributed by atoms with Crippen LogP contribution in [0.5, 0.6) is 0 Å². The molecule has 0 amide bonds. The molecule has 1 nitrogen and oxygen atoms in total. The SMILES string of the molecule is CCCCCCCCCCCCN1Cc2ccccc2C1C. The maximum atomic E-state index is 2.65. The minimum atomic E-state index is 0.620. The molecule has 0 spiro atoms. The van der Waals surface area contributed by atoms with E-state index in [1.165, 1.54) is 70.8 Å². The Hall–Kier alpha value is -0.820. The van der Waals surface area contributed by atoms with E-state index >= 15 is 0 Å². The van der Waals surface area contributed by atoms with Gasteiger partial charge in [-0.05, 0) is 31.0 Å². The van der Waals surface area contributed by atoms with Gasteiger partial charge in [-0.15, -0.1) is 0 Å². The summed E-state index contributed by atoms with van der Waals surface area (Å²) >= 11 is 0. The van der Waals surface area contributed by atoms with Gasteiger partial charge in [-0.3, -0.25) is 4.90 Å². The Morgan fingerprint density at radius 2 is 1.45 bits per heavy atom. The fraction of sp³-hybridized carbons (Fsp3) is 0.714. The third-order valence-corrected chi connectivity index (χ3v) is 5.23. The molecule has 1 heterocycles. The summed E-state index contributed by atoms with van der Waals surface area (Å²) < 4.78 is 0. The molecule has 1 aliphatic rings. The quantitative estimate of drug-likeness (QED) is 0.422. The zero-order chi connectivity index (χ0) is 15.6. The van der Waals surface area contributed by atoms with Gasteiger partial charge in [-0.2, -0.15) is 0 Å². The number of fused-ring (bicyclic) bond motifs is 1. The van der Waals surface area contributed by atoms with Crippen LogP contribution in [0.4, 0.5) is 0 Å². The molecule has 124 valence electrons. The van der Waals surface area contributed by atoms with Crippen LogP contribution in [0, 0.1) is 0 Å². The van der Waals surface area contributed by atoms with Crippen LogP contribution in [-0.4, -0.2) is 11.4 Å². The highest BCUT2D eigenvalue weighted by molar-refractivity contribution is 5.33. The second kappa shape index (κ2) is 10.0. The normalized spacial score (nSPS) is 17.8. The third-order valence-electron chi connectivity index (χ3n) is 5.23. The molecular weight excluding hydrogens is 266 g/mol. The molecule has 22 heavy (non-hydrogen) atoms. The van der Waals surface area contributed by atoms with Gasteiger partial charge in [0.2, 0.25) is 0 Å². The van der Waals surface area contributed by atoms with Crippen molar-refractivity contribution >= 4 is 0 Å². The molecule has 0 aromatic heterocycles. The molecule has 2 rings (SSSR count). The van der Waals surface area contributed by atoms with Gasteiger partial charge < -0.3 is 0 Å². The molecule has 1 heteroatoms. The number of benzene rings is 1. The third kappa shape index (κ3) is 5.43. The smallest absolute Gasteiger partial charge is 0.0326 e. The van der Waals surface area contributed by atoms with E-state index in [9.17, 15) is 0 Å². The lowest BCUT2D eigenvalue weighted by molar-refractivity contribution is 0.224. The minimum Gasteiger partial charge on any atom is -0.292 e. The van der Waals surface area contributed by atoms with Crippen LogP contribution >= 0.6 is 0 Å². The number of rotatable bonds is 11. The van der Waals surface area contributed by atoms with Gasteiger partial charge in [0.15, 0.2) is 0 Å². The fourth-order valence-corrected chi connectivity index (χ4v) is 3.71. The predicted octanol–water partition coefficient (Wildman–Crippen LogP) is 6.48. The molecule has 1 aliphatic heterocycles. The Balaban J connectivity index is 1.48. The lowest BCUT2D eigenvalue weighted by Crippen LogP contribution is -2.21. The van der Waals surface area contributed by atoms with E-state index in [1.807, 2.05) is 0 Å². The average molecular weight is 302 g/mol. The van der Waals surface area contributed by atoms with E-state index in [0.29, 0.717) is 6.04 Å². The van der Waals surface area contributed by atoms with Crippen LogP contribution in [-0.2, 0) is 6.54 Å². The molecular formula is C21H35N. The first kappa shape index (κ1) is 17.5. The first-order valence-electron chi connectivity index (χ1n) is 9.64. The molecule has 1 atom stereocenters. The summed E-state index contributed by atoms with van der Waals surface area (Å²) in [5.74, 6) is 0. The monoisotopic (exact) mass is 301 g/mol. The summed E-state index contributed by atoms with van der Waals surface area (Å²) in [6.07, 6.45) is 14.3. The topological polar surface area (TPSA) is 3.24 Å². The van der Waals surface area contributed by atoms with Crippen LogP contribution in [0.25, 0.3) is 0 Å². The molecule has 1 aromatic carbocycles. The van der Waals surface area contributed by atoms with Crippen molar-refractivity contribution in [3.8, 4) is 0 Å². The van der Waals surface area contributed by atoms with E-state index in [-0.39, 0.29) is 0 Å². The first-order valence-corrected chi connectivity index (χ1v) is 9.64. The van der Waals surface area contributed by atoms with E-state index in [1.54, 1.807) is 11.1 Å². The number of hydrogen-bond acceptors (Lipinski definition) is 1. The standard InChI is InChI=1S/C21H35N/c1-3-4-5-6-7-8-9-10-11-14-17-22-18-20-15-12-13-16-21(20)19(22)2/h12-13,15-16,19H,3-11,14,17-18H2,1-2H3. The Labute approximate surface area is 138 Å². The second-order valence-corrected chi connectivity index (χ2v) is 7.03. The largest absolute Gasteiger partial charge is 0.292 e. The van der Waals surface area contributed by atoms with Crippen molar-refractivity contribution in [1.82, 2.24) is 4.90 Å². The minimum absolute atomic E-state index is 0.620. The van der Waals surface area contributed by atoms with Gasteiger partial charge >= 0.3 is 0 Å². The molecule has 0 aliphatic carbocycles. The molecule has 0 bridgehead atoms. The van der Waals surface area contributed by atoms with Crippen LogP contribution in [0.15, 0.2) is 24.3 Å². The van der Waals surface area contributed by atoms with Gasteiger partial charge in [0.05, 0.1) is 0 Å². The Bertz CT molecular complexity index is 412. The summed E-state index contributed by atoms with van der Waals surface area (Å²) in [4.78, 5) is 2.65. The van der Waals surface area contributed by atoms with E-state index < -0.39 is 0 Å². The summed E-state index contributed by atoms with van der Waals surface area (Å²) in [5.41, 5.74) is 3.09. The average Bonchev–Trinajstić information content (AvgIpc) is 2.86. The fourth-order valence-electron chi connectivity index (χ4n) is 3.71. The number of nitrogens with zero attached hydrogens (tertiary/aromatic N) is 1. The van der Waals surface area contributed by atoms with Crippen molar-refractivity contribution < 1.29 is 0 Å². The summed E-state index contributed by atoms with van der Waals surface area (Å²) in [6, 6.07) is 9.58. The van der Waals surface area contributed by atoms with Crippen LogP contribution in [0.3, 0.4) is 0 Å². The zero-order valence-corrected chi connectivity index (χ0v) is 14.8. The van der Waals surface area contributed by atoms with Gasteiger partial charge in [0.25, 0.3) is 0 Å². The summed E-state index contributed by atoms with van der Waals surface area (Å²) in [6.45, 7) is 7.09. The van der Waals surface area contributed by atoms with Crippen LogP contribution in [0.2, 0.25) is 0 Å².